The Morgan fingerprint density at radius 1 is 0.611 bits per heavy atom. The van der Waals surface area contributed by atoms with Gasteiger partial charge in [0.2, 0.25) is 0 Å². The van der Waals surface area contributed by atoms with Gasteiger partial charge in [0.25, 0.3) is 0 Å². The van der Waals surface area contributed by atoms with E-state index in [0.29, 0.717) is 0 Å². The van der Waals surface area contributed by atoms with Gasteiger partial charge in [-0.15, -0.1) is 0 Å². The van der Waals surface area contributed by atoms with Gasteiger partial charge >= 0.3 is 0 Å². The number of nitrogens with two attached hydrogens (primary N) is 2. The van der Waals surface area contributed by atoms with E-state index in [2.05, 4.69) is 0 Å². The van der Waals surface area contributed by atoms with Gasteiger partial charge in [-0.25, -0.2) is 0 Å². The molecule has 0 unspecified atom stereocenters. The lowest BCUT2D eigenvalue weighted by atomic mass is 10.1. The molecule has 0 spiro atoms. The van der Waals surface area contributed by atoms with E-state index >= 15 is 0 Å². The molecule has 0 saturated heterocycles. The Labute approximate surface area is 111 Å². The molecule has 2 aliphatic rings. The fourth-order valence-electron chi connectivity index (χ4n) is 2.74. The zero-order valence-corrected chi connectivity index (χ0v) is 11.4. The highest BCUT2D eigenvalue weighted by Gasteiger charge is 2.14. The first kappa shape index (κ1) is 15.9. The third kappa shape index (κ3) is 7.31. The lowest BCUT2D eigenvalue weighted by molar-refractivity contribution is 0.152. The second-order valence-corrected chi connectivity index (χ2v) is 5.87. The summed E-state index contributed by atoms with van der Waals surface area (Å²) in [5, 5.41) is 18.4. The van der Waals surface area contributed by atoms with Crippen LogP contribution in [0.15, 0.2) is 0 Å². The van der Waals surface area contributed by atoms with Crippen molar-refractivity contribution in [2.24, 2.45) is 11.5 Å². The molecule has 0 bridgehead atoms. The molecule has 4 atom stereocenters. The minimum atomic E-state index is -0.123. The summed E-state index contributed by atoms with van der Waals surface area (Å²) in [6.45, 7) is 0. The van der Waals surface area contributed by atoms with Crippen molar-refractivity contribution in [2.75, 3.05) is 0 Å². The van der Waals surface area contributed by atoms with E-state index in [4.69, 9.17) is 11.5 Å². The van der Waals surface area contributed by atoms with Crippen molar-refractivity contribution in [1.82, 2.24) is 0 Å². The molecular weight excluding hydrogens is 228 g/mol. The fourth-order valence-corrected chi connectivity index (χ4v) is 2.74. The van der Waals surface area contributed by atoms with Crippen LogP contribution in [0.5, 0.6) is 0 Å². The standard InChI is InChI=1S/2C7H15NO/c2*8-6-3-1-2-4-7(9)5-6/h2*6-7,9H,1-5,8H2/t2*6-,7+/m10/s1. The number of aliphatic hydroxyl groups excluding tert-OH is 2. The van der Waals surface area contributed by atoms with Gasteiger partial charge in [-0.1, -0.05) is 25.7 Å². The van der Waals surface area contributed by atoms with Crippen molar-refractivity contribution in [3.63, 3.8) is 0 Å². The largest absolute Gasteiger partial charge is 0.393 e. The number of hydrogen-bond acceptors (Lipinski definition) is 4. The van der Waals surface area contributed by atoms with Crippen molar-refractivity contribution < 1.29 is 10.2 Å². The molecule has 2 aliphatic carbocycles. The Morgan fingerprint density at radius 2 is 0.944 bits per heavy atom. The van der Waals surface area contributed by atoms with Crippen LogP contribution in [0, 0.1) is 0 Å². The average Bonchev–Trinajstić information content (AvgIpc) is 2.59. The van der Waals surface area contributed by atoms with Crippen LogP contribution in [0.25, 0.3) is 0 Å². The summed E-state index contributed by atoms with van der Waals surface area (Å²) in [7, 11) is 0. The van der Waals surface area contributed by atoms with Crippen LogP contribution in [0.3, 0.4) is 0 Å². The molecule has 108 valence electrons. The maximum absolute atomic E-state index is 9.18. The van der Waals surface area contributed by atoms with E-state index < -0.39 is 0 Å². The summed E-state index contributed by atoms with van der Waals surface area (Å²) >= 11 is 0. The predicted octanol–water partition coefficient (Wildman–Crippen LogP) is 1.28. The predicted molar refractivity (Wildman–Crippen MR) is 74.1 cm³/mol. The number of aliphatic hydroxyl groups is 2. The van der Waals surface area contributed by atoms with Gasteiger partial charge in [0.15, 0.2) is 0 Å². The Bertz CT molecular complexity index is 172. The second kappa shape index (κ2) is 8.86. The molecule has 0 aromatic carbocycles. The van der Waals surface area contributed by atoms with Gasteiger partial charge in [-0.3, -0.25) is 0 Å². The third-order valence-corrected chi connectivity index (χ3v) is 3.87. The molecular formula is C14H30N2O2. The summed E-state index contributed by atoms with van der Waals surface area (Å²) in [5.74, 6) is 0. The van der Waals surface area contributed by atoms with E-state index in [-0.39, 0.29) is 24.3 Å². The SMILES string of the molecule is N[C@@H]1CCCC[C@H](O)C1.N[C@H]1CCCC[C@@H](O)C1. The molecule has 4 nitrogen and oxygen atoms in total. The average molecular weight is 258 g/mol. The van der Waals surface area contributed by atoms with Crippen molar-refractivity contribution in [1.29, 1.82) is 0 Å². The quantitative estimate of drug-likeness (QED) is 0.492. The van der Waals surface area contributed by atoms with E-state index in [1.807, 2.05) is 0 Å². The molecule has 0 radical (unpaired) electrons. The van der Waals surface area contributed by atoms with Crippen LogP contribution in [0.4, 0.5) is 0 Å². The van der Waals surface area contributed by atoms with Crippen molar-refractivity contribution in [3.05, 3.63) is 0 Å². The van der Waals surface area contributed by atoms with Crippen molar-refractivity contribution in [3.8, 4) is 0 Å². The monoisotopic (exact) mass is 258 g/mol. The maximum atomic E-state index is 9.18. The van der Waals surface area contributed by atoms with Gasteiger partial charge in [0.1, 0.15) is 0 Å². The van der Waals surface area contributed by atoms with Crippen LogP contribution in [-0.4, -0.2) is 34.5 Å². The zero-order valence-electron chi connectivity index (χ0n) is 11.4. The molecule has 6 N–H and O–H groups in total. The van der Waals surface area contributed by atoms with Crippen LogP contribution in [-0.2, 0) is 0 Å². The first-order valence-electron chi connectivity index (χ1n) is 7.45. The lowest BCUT2D eigenvalue weighted by Crippen LogP contribution is -2.23. The molecule has 18 heavy (non-hydrogen) atoms. The van der Waals surface area contributed by atoms with Crippen LogP contribution in [0.2, 0.25) is 0 Å². The molecule has 2 rings (SSSR count). The highest BCUT2D eigenvalue weighted by atomic mass is 16.3. The lowest BCUT2D eigenvalue weighted by Gasteiger charge is -2.09. The number of rotatable bonds is 0. The smallest absolute Gasteiger partial charge is 0.0555 e. The molecule has 0 heterocycles. The molecule has 0 aliphatic heterocycles. The fraction of sp³-hybridized carbons (Fsp3) is 1.00. The first-order chi connectivity index (χ1) is 8.58. The Morgan fingerprint density at radius 3 is 1.33 bits per heavy atom. The summed E-state index contributed by atoms with van der Waals surface area (Å²) in [4.78, 5) is 0. The van der Waals surface area contributed by atoms with E-state index in [1.54, 1.807) is 0 Å². The Balaban J connectivity index is 0.000000180. The summed E-state index contributed by atoms with van der Waals surface area (Å²) in [6.07, 6.45) is 10.1. The minimum Gasteiger partial charge on any atom is -0.393 e. The van der Waals surface area contributed by atoms with Gasteiger partial charge in [0, 0.05) is 12.1 Å². The molecule has 0 aromatic heterocycles. The van der Waals surface area contributed by atoms with Gasteiger partial charge < -0.3 is 21.7 Å². The summed E-state index contributed by atoms with van der Waals surface area (Å²) < 4.78 is 0. The van der Waals surface area contributed by atoms with Gasteiger partial charge in [-0.05, 0) is 38.5 Å². The highest BCUT2D eigenvalue weighted by molar-refractivity contribution is 4.72. The second-order valence-electron chi connectivity index (χ2n) is 5.87. The van der Waals surface area contributed by atoms with Crippen molar-refractivity contribution in [2.45, 2.75) is 88.5 Å². The molecule has 4 heteroatoms. The molecule has 2 saturated carbocycles. The molecule has 2 fully saturated rings. The zero-order chi connectivity index (χ0) is 13.4. The third-order valence-electron chi connectivity index (χ3n) is 3.87. The van der Waals surface area contributed by atoms with Gasteiger partial charge in [-0.2, -0.15) is 0 Å². The van der Waals surface area contributed by atoms with Gasteiger partial charge in [0.05, 0.1) is 12.2 Å². The summed E-state index contributed by atoms with van der Waals surface area (Å²) in [6, 6.07) is 0.505. The molecule has 0 aromatic rings. The molecule has 0 amide bonds. The summed E-state index contributed by atoms with van der Waals surface area (Å²) in [5.41, 5.74) is 11.3. The van der Waals surface area contributed by atoms with Crippen LogP contribution >= 0.6 is 0 Å². The van der Waals surface area contributed by atoms with Crippen LogP contribution in [0.1, 0.15) is 64.2 Å². The number of hydrogen-bond donors (Lipinski definition) is 4. The Kier molecular flexibility index (Phi) is 7.82. The highest BCUT2D eigenvalue weighted by Crippen LogP contribution is 2.16. The van der Waals surface area contributed by atoms with Crippen molar-refractivity contribution >= 4 is 0 Å². The van der Waals surface area contributed by atoms with Crippen LogP contribution < -0.4 is 11.5 Å². The van der Waals surface area contributed by atoms with E-state index in [1.165, 1.54) is 12.8 Å². The van der Waals surface area contributed by atoms with E-state index in [9.17, 15) is 10.2 Å². The first-order valence-corrected chi connectivity index (χ1v) is 7.45. The Hall–Kier alpha value is -0.160. The minimum absolute atomic E-state index is 0.123. The topological polar surface area (TPSA) is 92.5 Å². The normalized spacial score (nSPS) is 38.0. The maximum Gasteiger partial charge on any atom is 0.0555 e. The van der Waals surface area contributed by atoms with E-state index in [0.717, 1.165) is 51.4 Å².